The van der Waals surface area contributed by atoms with E-state index in [9.17, 15) is 13.2 Å². The minimum atomic E-state index is -4.44. The number of rotatable bonds is 0. The maximum atomic E-state index is 12.6. The Bertz CT molecular complexity index is 516. The van der Waals surface area contributed by atoms with Gasteiger partial charge in [0.05, 0.1) is 5.52 Å². The van der Waals surface area contributed by atoms with Gasteiger partial charge in [0, 0.05) is 18.5 Å². The Morgan fingerprint density at radius 3 is 2.60 bits per heavy atom. The van der Waals surface area contributed by atoms with Crippen molar-refractivity contribution in [3.8, 4) is 5.75 Å². The highest BCUT2D eigenvalue weighted by Gasteiger charge is 2.36. The van der Waals surface area contributed by atoms with Crippen molar-refractivity contribution in [2.24, 2.45) is 7.05 Å². The molecule has 0 amide bonds. The average molecular weight is 216 g/mol. The van der Waals surface area contributed by atoms with E-state index in [0.29, 0.717) is 0 Å². The zero-order chi connectivity index (χ0) is 11.2. The van der Waals surface area contributed by atoms with Crippen LogP contribution in [0.2, 0.25) is 0 Å². The van der Waals surface area contributed by atoms with Crippen LogP contribution in [0.15, 0.2) is 18.2 Å². The summed E-state index contributed by atoms with van der Waals surface area (Å²) in [4.78, 5) is 0. The molecule has 0 unspecified atom stereocenters. The molecule has 1 aromatic heterocycles. The van der Waals surface area contributed by atoms with Gasteiger partial charge in [0.1, 0.15) is 11.4 Å². The van der Waals surface area contributed by atoms with Crippen molar-refractivity contribution in [2.45, 2.75) is 6.18 Å². The summed E-state index contributed by atoms with van der Waals surface area (Å²) in [7, 11) is 1.22. The Morgan fingerprint density at radius 1 is 1.33 bits per heavy atom. The van der Waals surface area contributed by atoms with Crippen LogP contribution >= 0.6 is 0 Å². The standard InChI is InChI=1S/C9H7F3N2O/c1-14-8(9(10,11)12)6-3-2-5(15)4-7(6)13-14/h2-4,15H,1H3. The summed E-state index contributed by atoms with van der Waals surface area (Å²) >= 11 is 0. The fourth-order valence-corrected chi connectivity index (χ4v) is 1.53. The Balaban J connectivity index is 2.80. The fourth-order valence-electron chi connectivity index (χ4n) is 1.53. The van der Waals surface area contributed by atoms with Crippen LogP contribution in [0, 0.1) is 0 Å². The highest BCUT2D eigenvalue weighted by atomic mass is 19.4. The maximum Gasteiger partial charge on any atom is 0.433 e. The van der Waals surface area contributed by atoms with Gasteiger partial charge in [-0.3, -0.25) is 4.68 Å². The molecule has 1 N–H and O–H groups in total. The molecular formula is C9H7F3N2O. The van der Waals surface area contributed by atoms with Gasteiger partial charge in [0.15, 0.2) is 0 Å². The molecule has 0 spiro atoms. The van der Waals surface area contributed by atoms with Gasteiger partial charge < -0.3 is 5.11 Å². The molecule has 0 aliphatic rings. The second-order valence-corrected chi connectivity index (χ2v) is 3.17. The second kappa shape index (κ2) is 2.88. The molecule has 0 aliphatic carbocycles. The monoisotopic (exact) mass is 216 g/mol. The maximum absolute atomic E-state index is 12.6. The van der Waals surface area contributed by atoms with E-state index < -0.39 is 11.9 Å². The summed E-state index contributed by atoms with van der Waals surface area (Å²) in [5.74, 6) is -0.102. The normalized spacial score (nSPS) is 12.3. The van der Waals surface area contributed by atoms with E-state index in [-0.39, 0.29) is 16.7 Å². The molecule has 15 heavy (non-hydrogen) atoms. The molecule has 0 fully saturated rings. The van der Waals surface area contributed by atoms with Crippen molar-refractivity contribution in [3.63, 3.8) is 0 Å². The van der Waals surface area contributed by atoms with Gasteiger partial charge in [-0.1, -0.05) is 0 Å². The van der Waals surface area contributed by atoms with Gasteiger partial charge in [-0.05, 0) is 12.1 Å². The zero-order valence-corrected chi connectivity index (χ0v) is 7.71. The number of aryl methyl sites for hydroxylation is 1. The lowest BCUT2D eigenvalue weighted by atomic mass is 10.2. The predicted octanol–water partition coefficient (Wildman–Crippen LogP) is 2.30. The first-order chi connectivity index (χ1) is 6.89. The number of aromatic nitrogens is 2. The number of fused-ring (bicyclic) bond motifs is 1. The molecule has 2 rings (SSSR count). The molecule has 80 valence electrons. The van der Waals surface area contributed by atoms with Crippen molar-refractivity contribution in [3.05, 3.63) is 23.9 Å². The molecule has 0 bridgehead atoms. The molecule has 2 aromatic rings. The first-order valence-electron chi connectivity index (χ1n) is 4.12. The van der Waals surface area contributed by atoms with Gasteiger partial charge in [-0.15, -0.1) is 0 Å². The van der Waals surface area contributed by atoms with Crippen LogP contribution < -0.4 is 0 Å². The molecule has 1 aromatic carbocycles. The minimum Gasteiger partial charge on any atom is -0.508 e. The zero-order valence-electron chi connectivity index (χ0n) is 7.71. The first kappa shape index (κ1) is 9.82. The first-order valence-corrected chi connectivity index (χ1v) is 4.12. The summed E-state index contributed by atoms with van der Waals surface area (Å²) in [5, 5.41) is 12.8. The Labute approximate surface area is 82.7 Å². The van der Waals surface area contributed by atoms with E-state index in [1.807, 2.05) is 0 Å². The predicted molar refractivity (Wildman–Crippen MR) is 47.4 cm³/mol. The Kier molecular flexibility index (Phi) is 1.89. The number of halogens is 3. The summed E-state index contributed by atoms with van der Waals surface area (Å²) in [6.07, 6.45) is -4.44. The molecular weight excluding hydrogens is 209 g/mol. The summed E-state index contributed by atoms with van der Waals surface area (Å²) < 4.78 is 38.5. The van der Waals surface area contributed by atoms with E-state index in [2.05, 4.69) is 5.10 Å². The van der Waals surface area contributed by atoms with Crippen LogP contribution in [0.3, 0.4) is 0 Å². The van der Waals surface area contributed by atoms with Gasteiger partial charge in [-0.2, -0.15) is 18.3 Å². The number of hydrogen-bond acceptors (Lipinski definition) is 2. The van der Waals surface area contributed by atoms with Crippen LogP contribution in [-0.2, 0) is 13.2 Å². The fraction of sp³-hybridized carbons (Fsp3) is 0.222. The third-order valence-corrected chi connectivity index (χ3v) is 2.09. The quantitative estimate of drug-likeness (QED) is 0.733. The van der Waals surface area contributed by atoms with Gasteiger partial charge in [-0.25, -0.2) is 0 Å². The van der Waals surface area contributed by atoms with Gasteiger partial charge >= 0.3 is 6.18 Å². The van der Waals surface area contributed by atoms with Crippen molar-refractivity contribution < 1.29 is 18.3 Å². The smallest absolute Gasteiger partial charge is 0.433 e. The second-order valence-electron chi connectivity index (χ2n) is 3.17. The molecule has 0 saturated heterocycles. The number of nitrogens with zero attached hydrogens (tertiary/aromatic N) is 2. The number of phenols is 1. The van der Waals surface area contributed by atoms with Crippen molar-refractivity contribution in [1.82, 2.24) is 9.78 Å². The Morgan fingerprint density at radius 2 is 2.00 bits per heavy atom. The lowest BCUT2D eigenvalue weighted by Crippen LogP contribution is -2.11. The number of phenolic OH excluding ortho intramolecular Hbond substituents is 1. The number of hydrogen-bond donors (Lipinski definition) is 1. The van der Waals surface area contributed by atoms with Gasteiger partial charge in [0.2, 0.25) is 0 Å². The molecule has 6 heteroatoms. The number of alkyl halides is 3. The summed E-state index contributed by atoms with van der Waals surface area (Å²) in [6.45, 7) is 0. The topological polar surface area (TPSA) is 38.0 Å². The average Bonchev–Trinajstić information content (AvgIpc) is 2.38. The lowest BCUT2D eigenvalue weighted by Gasteiger charge is -2.06. The van der Waals surface area contributed by atoms with Crippen LogP contribution in [0.4, 0.5) is 13.2 Å². The van der Waals surface area contributed by atoms with Crippen molar-refractivity contribution >= 4 is 10.9 Å². The summed E-state index contributed by atoms with van der Waals surface area (Å²) in [5.41, 5.74) is -0.678. The van der Waals surface area contributed by atoms with E-state index in [1.54, 1.807) is 0 Å². The number of aromatic hydroxyl groups is 1. The minimum absolute atomic E-state index is 0.0113. The van der Waals surface area contributed by atoms with Crippen LogP contribution in [0.5, 0.6) is 5.75 Å². The molecule has 3 nitrogen and oxygen atoms in total. The summed E-state index contributed by atoms with van der Waals surface area (Å²) in [6, 6.07) is 3.62. The molecule has 0 saturated carbocycles. The van der Waals surface area contributed by atoms with Crippen molar-refractivity contribution in [1.29, 1.82) is 0 Å². The Hall–Kier alpha value is -1.72. The lowest BCUT2D eigenvalue weighted by molar-refractivity contribution is -0.142. The molecule has 0 radical (unpaired) electrons. The number of benzene rings is 1. The van der Waals surface area contributed by atoms with Crippen LogP contribution in [0.1, 0.15) is 5.69 Å². The van der Waals surface area contributed by atoms with Crippen LogP contribution in [-0.4, -0.2) is 14.9 Å². The molecule has 0 aliphatic heterocycles. The van der Waals surface area contributed by atoms with Crippen LogP contribution in [0.25, 0.3) is 10.9 Å². The van der Waals surface area contributed by atoms with Crippen molar-refractivity contribution in [2.75, 3.05) is 0 Å². The molecule has 0 atom stereocenters. The van der Waals surface area contributed by atoms with E-state index >= 15 is 0 Å². The molecule has 1 heterocycles. The third-order valence-electron chi connectivity index (χ3n) is 2.09. The van der Waals surface area contributed by atoms with Gasteiger partial charge in [0.25, 0.3) is 0 Å². The largest absolute Gasteiger partial charge is 0.508 e. The highest BCUT2D eigenvalue weighted by Crippen LogP contribution is 2.35. The van der Waals surface area contributed by atoms with E-state index in [0.717, 1.165) is 4.68 Å². The third kappa shape index (κ3) is 1.51. The highest BCUT2D eigenvalue weighted by molar-refractivity contribution is 5.83. The SMILES string of the molecule is Cn1nc2cc(O)ccc2c1C(F)(F)F. The van der Waals surface area contributed by atoms with E-state index in [4.69, 9.17) is 5.11 Å². The van der Waals surface area contributed by atoms with E-state index in [1.165, 1.54) is 25.2 Å².